The molecule has 1 aromatic carbocycles. The van der Waals surface area contributed by atoms with Crippen molar-refractivity contribution in [2.45, 2.75) is 44.2 Å². The molecule has 0 heterocycles. The summed E-state index contributed by atoms with van der Waals surface area (Å²) in [6.45, 7) is 2.74. The van der Waals surface area contributed by atoms with Gasteiger partial charge in [-0.2, -0.15) is 0 Å². The Morgan fingerprint density at radius 3 is 2.75 bits per heavy atom. The molecule has 1 saturated carbocycles. The van der Waals surface area contributed by atoms with Crippen LogP contribution >= 0.6 is 0 Å². The predicted molar refractivity (Wildman–Crippen MR) is 79.4 cm³/mol. The summed E-state index contributed by atoms with van der Waals surface area (Å²) in [5.74, 6) is 1.59. The van der Waals surface area contributed by atoms with Crippen molar-refractivity contribution in [3.8, 4) is 11.5 Å². The predicted octanol–water partition coefficient (Wildman–Crippen LogP) is 2.36. The Bertz CT molecular complexity index is 418. The van der Waals surface area contributed by atoms with Crippen LogP contribution in [0, 0.1) is 0 Å². The van der Waals surface area contributed by atoms with Gasteiger partial charge in [0.15, 0.2) is 11.5 Å². The van der Waals surface area contributed by atoms with Crippen LogP contribution in [-0.2, 0) is 0 Å². The number of aliphatic hydroxyl groups is 1. The van der Waals surface area contributed by atoms with E-state index in [-0.39, 0.29) is 18.2 Å². The Hall–Kier alpha value is -1.26. The average Bonchev–Trinajstić information content (AvgIpc) is 2.50. The van der Waals surface area contributed by atoms with Crippen molar-refractivity contribution in [1.82, 2.24) is 5.32 Å². The first-order valence-electron chi connectivity index (χ1n) is 7.41. The number of hydrogen-bond acceptors (Lipinski definition) is 4. The maximum absolute atomic E-state index is 9.62. The SMILES string of the molecule is CCOc1ccccc1OC1CCCC(CO)(NC)C1. The normalized spacial score (nSPS) is 26.2. The number of ether oxygens (including phenoxy) is 2. The summed E-state index contributed by atoms with van der Waals surface area (Å²) < 4.78 is 11.7. The zero-order valence-corrected chi connectivity index (χ0v) is 12.4. The van der Waals surface area contributed by atoms with E-state index in [4.69, 9.17) is 9.47 Å². The van der Waals surface area contributed by atoms with E-state index in [9.17, 15) is 5.11 Å². The van der Waals surface area contributed by atoms with Crippen molar-refractivity contribution in [2.24, 2.45) is 0 Å². The minimum absolute atomic E-state index is 0.116. The minimum Gasteiger partial charge on any atom is -0.490 e. The van der Waals surface area contributed by atoms with Crippen molar-refractivity contribution >= 4 is 0 Å². The molecule has 1 aliphatic rings. The topological polar surface area (TPSA) is 50.7 Å². The molecule has 0 saturated heterocycles. The van der Waals surface area contributed by atoms with Gasteiger partial charge in [0.1, 0.15) is 6.10 Å². The molecular formula is C16H25NO3. The molecule has 2 N–H and O–H groups in total. The number of para-hydroxylation sites is 2. The Morgan fingerprint density at radius 2 is 2.10 bits per heavy atom. The summed E-state index contributed by atoms with van der Waals surface area (Å²) in [5.41, 5.74) is -0.205. The summed E-state index contributed by atoms with van der Waals surface area (Å²) in [4.78, 5) is 0. The van der Waals surface area contributed by atoms with Crippen LogP contribution in [0.15, 0.2) is 24.3 Å². The van der Waals surface area contributed by atoms with Crippen LogP contribution in [0.5, 0.6) is 11.5 Å². The van der Waals surface area contributed by atoms with E-state index in [1.807, 2.05) is 38.2 Å². The van der Waals surface area contributed by atoms with Crippen LogP contribution < -0.4 is 14.8 Å². The fourth-order valence-corrected chi connectivity index (χ4v) is 2.86. The smallest absolute Gasteiger partial charge is 0.161 e. The number of rotatable bonds is 6. The highest BCUT2D eigenvalue weighted by molar-refractivity contribution is 5.39. The van der Waals surface area contributed by atoms with Gasteiger partial charge in [-0.1, -0.05) is 12.1 Å². The molecule has 0 spiro atoms. The molecule has 0 aromatic heterocycles. The molecule has 1 aliphatic carbocycles. The van der Waals surface area contributed by atoms with Crippen LogP contribution in [-0.4, -0.2) is 37.0 Å². The third-order valence-corrected chi connectivity index (χ3v) is 4.08. The van der Waals surface area contributed by atoms with Gasteiger partial charge in [0.25, 0.3) is 0 Å². The summed E-state index contributed by atoms with van der Waals surface area (Å²) in [6.07, 6.45) is 4.00. The zero-order chi connectivity index (χ0) is 14.4. The lowest BCUT2D eigenvalue weighted by molar-refractivity contribution is 0.0537. The molecule has 20 heavy (non-hydrogen) atoms. The van der Waals surface area contributed by atoms with Gasteiger partial charge in [0, 0.05) is 12.0 Å². The first-order chi connectivity index (χ1) is 9.73. The maximum Gasteiger partial charge on any atom is 0.161 e. The molecule has 4 heteroatoms. The second kappa shape index (κ2) is 6.95. The molecule has 1 fully saturated rings. The minimum atomic E-state index is -0.205. The molecule has 0 radical (unpaired) electrons. The van der Waals surface area contributed by atoms with Gasteiger partial charge in [0.2, 0.25) is 0 Å². The molecule has 4 nitrogen and oxygen atoms in total. The lowest BCUT2D eigenvalue weighted by atomic mass is 9.81. The highest BCUT2D eigenvalue weighted by atomic mass is 16.5. The fourth-order valence-electron chi connectivity index (χ4n) is 2.86. The van der Waals surface area contributed by atoms with Gasteiger partial charge in [-0.05, 0) is 45.4 Å². The number of benzene rings is 1. The Kier molecular flexibility index (Phi) is 5.26. The van der Waals surface area contributed by atoms with E-state index >= 15 is 0 Å². The quantitative estimate of drug-likeness (QED) is 0.839. The molecule has 0 amide bonds. The van der Waals surface area contributed by atoms with E-state index in [2.05, 4.69) is 5.32 Å². The summed E-state index contributed by atoms with van der Waals surface area (Å²) >= 11 is 0. The van der Waals surface area contributed by atoms with Gasteiger partial charge < -0.3 is 19.9 Å². The second-order valence-corrected chi connectivity index (χ2v) is 5.40. The summed E-state index contributed by atoms with van der Waals surface area (Å²) in [5, 5.41) is 12.9. The van der Waals surface area contributed by atoms with Crippen molar-refractivity contribution < 1.29 is 14.6 Å². The van der Waals surface area contributed by atoms with E-state index in [1.165, 1.54) is 0 Å². The van der Waals surface area contributed by atoms with Gasteiger partial charge >= 0.3 is 0 Å². The number of hydrogen-bond donors (Lipinski definition) is 2. The summed E-state index contributed by atoms with van der Waals surface area (Å²) in [7, 11) is 1.91. The van der Waals surface area contributed by atoms with Crippen LogP contribution in [0.2, 0.25) is 0 Å². The molecule has 0 bridgehead atoms. The second-order valence-electron chi connectivity index (χ2n) is 5.40. The average molecular weight is 279 g/mol. The largest absolute Gasteiger partial charge is 0.490 e. The lowest BCUT2D eigenvalue weighted by Gasteiger charge is -2.39. The van der Waals surface area contributed by atoms with Crippen molar-refractivity contribution in [1.29, 1.82) is 0 Å². The van der Waals surface area contributed by atoms with Crippen molar-refractivity contribution in [3.05, 3.63) is 24.3 Å². The Labute approximate surface area is 121 Å². The fraction of sp³-hybridized carbons (Fsp3) is 0.625. The van der Waals surface area contributed by atoms with E-state index < -0.39 is 0 Å². The molecule has 1 aromatic rings. The Balaban J connectivity index is 2.06. The van der Waals surface area contributed by atoms with Gasteiger partial charge in [-0.15, -0.1) is 0 Å². The van der Waals surface area contributed by atoms with E-state index in [1.54, 1.807) is 0 Å². The van der Waals surface area contributed by atoms with Crippen molar-refractivity contribution in [3.63, 3.8) is 0 Å². The third-order valence-electron chi connectivity index (χ3n) is 4.08. The van der Waals surface area contributed by atoms with Gasteiger partial charge in [-0.3, -0.25) is 0 Å². The third kappa shape index (κ3) is 3.44. The van der Waals surface area contributed by atoms with Crippen LogP contribution in [0.3, 0.4) is 0 Å². The monoisotopic (exact) mass is 279 g/mol. The zero-order valence-electron chi connectivity index (χ0n) is 12.4. The first-order valence-corrected chi connectivity index (χ1v) is 7.41. The number of aliphatic hydroxyl groups excluding tert-OH is 1. The van der Waals surface area contributed by atoms with E-state index in [0.29, 0.717) is 6.61 Å². The standard InChI is InChI=1S/C16H25NO3/c1-3-19-14-8-4-5-9-15(14)20-13-7-6-10-16(11-13,12-18)17-2/h4-5,8-9,13,17-18H,3,6-7,10-12H2,1-2H3. The van der Waals surface area contributed by atoms with Gasteiger partial charge in [0.05, 0.1) is 13.2 Å². The van der Waals surface area contributed by atoms with Crippen LogP contribution in [0.25, 0.3) is 0 Å². The number of likely N-dealkylation sites (N-methyl/N-ethyl adjacent to an activating group) is 1. The first kappa shape index (κ1) is 15.1. The number of nitrogens with one attached hydrogen (secondary N) is 1. The lowest BCUT2D eigenvalue weighted by Crippen LogP contribution is -2.52. The molecule has 112 valence electrons. The van der Waals surface area contributed by atoms with Crippen molar-refractivity contribution in [2.75, 3.05) is 20.3 Å². The van der Waals surface area contributed by atoms with Crippen LogP contribution in [0.1, 0.15) is 32.6 Å². The molecule has 2 atom stereocenters. The van der Waals surface area contributed by atoms with Gasteiger partial charge in [-0.25, -0.2) is 0 Å². The molecule has 2 rings (SSSR count). The highest BCUT2D eigenvalue weighted by Gasteiger charge is 2.35. The molecular weight excluding hydrogens is 254 g/mol. The van der Waals surface area contributed by atoms with Crippen LogP contribution in [0.4, 0.5) is 0 Å². The van der Waals surface area contributed by atoms with E-state index in [0.717, 1.165) is 37.2 Å². The summed E-state index contributed by atoms with van der Waals surface area (Å²) in [6, 6.07) is 7.78. The highest BCUT2D eigenvalue weighted by Crippen LogP contribution is 2.34. The molecule has 2 unspecified atom stereocenters. The Morgan fingerprint density at radius 1 is 1.35 bits per heavy atom. The maximum atomic E-state index is 9.62. The molecule has 0 aliphatic heterocycles.